The maximum atomic E-state index is 11.4. The first-order valence-electron chi connectivity index (χ1n) is 7.89. The molecular weight excluding hydrogens is 317 g/mol. The van der Waals surface area contributed by atoms with E-state index in [0.29, 0.717) is 17.4 Å². The number of anilines is 1. The summed E-state index contributed by atoms with van der Waals surface area (Å²) in [5, 5.41) is 29.9. The molecular formula is C19H18BNO4. The molecule has 0 heterocycles. The Balaban J connectivity index is 2.03. The summed E-state index contributed by atoms with van der Waals surface area (Å²) in [5.41, 5.74) is 2.40. The summed E-state index contributed by atoms with van der Waals surface area (Å²) >= 11 is 0. The lowest BCUT2D eigenvalue weighted by atomic mass is 9.77. The molecule has 0 aromatic heterocycles. The smallest absolute Gasteiger partial charge is 0.478 e. The first kappa shape index (κ1) is 17.0. The van der Waals surface area contributed by atoms with E-state index >= 15 is 0 Å². The molecule has 0 fully saturated rings. The van der Waals surface area contributed by atoms with E-state index in [-0.39, 0.29) is 5.56 Å². The van der Waals surface area contributed by atoms with Gasteiger partial charge in [-0.05, 0) is 28.5 Å². The highest BCUT2D eigenvalue weighted by Gasteiger charge is 2.17. The first-order chi connectivity index (χ1) is 12.0. The highest BCUT2D eigenvalue weighted by molar-refractivity contribution is 6.59. The van der Waals surface area contributed by atoms with Crippen LogP contribution < -0.4 is 10.4 Å². The van der Waals surface area contributed by atoms with Crippen molar-refractivity contribution in [1.82, 2.24) is 0 Å². The fraction of sp³-hybridized carbons (Fsp3) is 0.105. The largest absolute Gasteiger partial charge is 0.488 e. The molecule has 0 aliphatic carbocycles. The molecule has 0 radical (unpaired) electrons. The van der Waals surface area contributed by atoms with Gasteiger partial charge in [0, 0.05) is 24.7 Å². The molecule has 3 N–H and O–H groups in total. The Labute approximate surface area is 145 Å². The highest BCUT2D eigenvalue weighted by atomic mass is 16.4. The fourth-order valence-corrected chi connectivity index (χ4v) is 3.08. The predicted molar refractivity (Wildman–Crippen MR) is 99.3 cm³/mol. The molecule has 0 aliphatic heterocycles. The zero-order valence-corrected chi connectivity index (χ0v) is 13.8. The Bertz CT molecular complexity index is 926. The number of hydrogen-bond donors (Lipinski definition) is 3. The number of nitrogens with zero attached hydrogens (tertiary/aromatic N) is 1. The minimum Gasteiger partial charge on any atom is -0.478 e. The van der Waals surface area contributed by atoms with E-state index in [1.54, 1.807) is 30.3 Å². The van der Waals surface area contributed by atoms with E-state index in [1.807, 2.05) is 42.3 Å². The van der Waals surface area contributed by atoms with Crippen LogP contribution in [0.4, 0.5) is 5.69 Å². The maximum absolute atomic E-state index is 11.4. The lowest BCUT2D eigenvalue weighted by molar-refractivity contribution is 0.0699. The van der Waals surface area contributed by atoms with Crippen LogP contribution in [-0.2, 0) is 6.54 Å². The van der Waals surface area contributed by atoms with E-state index in [0.717, 1.165) is 16.6 Å². The van der Waals surface area contributed by atoms with Crippen molar-refractivity contribution < 1.29 is 19.9 Å². The molecule has 3 rings (SSSR count). The molecule has 0 bridgehead atoms. The second-order valence-electron chi connectivity index (χ2n) is 5.91. The SMILES string of the molecule is CN(Cc1ccccc1B(O)O)c1cccc2c(C(=O)O)cccc12. The number of rotatable bonds is 5. The molecule has 3 aromatic carbocycles. The van der Waals surface area contributed by atoms with Crippen molar-refractivity contribution in [3.05, 3.63) is 71.8 Å². The van der Waals surface area contributed by atoms with Crippen molar-refractivity contribution in [2.24, 2.45) is 0 Å². The Morgan fingerprint density at radius 2 is 1.64 bits per heavy atom. The van der Waals surface area contributed by atoms with Crippen molar-refractivity contribution >= 4 is 35.0 Å². The minimum absolute atomic E-state index is 0.263. The van der Waals surface area contributed by atoms with Gasteiger partial charge in [-0.1, -0.05) is 48.5 Å². The minimum atomic E-state index is -1.53. The highest BCUT2D eigenvalue weighted by Crippen LogP contribution is 2.29. The van der Waals surface area contributed by atoms with E-state index in [2.05, 4.69) is 0 Å². The molecule has 5 nitrogen and oxygen atoms in total. The lowest BCUT2D eigenvalue weighted by Crippen LogP contribution is -2.35. The van der Waals surface area contributed by atoms with Gasteiger partial charge in [-0.15, -0.1) is 0 Å². The number of carbonyl (C=O) groups is 1. The zero-order valence-electron chi connectivity index (χ0n) is 13.8. The number of fused-ring (bicyclic) bond motifs is 1. The second kappa shape index (κ2) is 6.97. The third-order valence-electron chi connectivity index (χ3n) is 4.28. The first-order valence-corrected chi connectivity index (χ1v) is 7.89. The summed E-state index contributed by atoms with van der Waals surface area (Å²) in [4.78, 5) is 13.4. The van der Waals surface area contributed by atoms with Crippen molar-refractivity contribution in [1.29, 1.82) is 0 Å². The van der Waals surface area contributed by atoms with Crippen LogP contribution in [0.2, 0.25) is 0 Å². The van der Waals surface area contributed by atoms with Crippen LogP contribution in [0.3, 0.4) is 0 Å². The van der Waals surface area contributed by atoms with Crippen LogP contribution in [0.5, 0.6) is 0 Å². The van der Waals surface area contributed by atoms with Crippen LogP contribution in [0.25, 0.3) is 10.8 Å². The van der Waals surface area contributed by atoms with Crippen LogP contribution in [-0.4, -0.2) is 35.3 Å². The Morgan fingerprint density at radius 1 is 0.960 bits per heavy atom. The van der Waals surface area contributed by atoms with Crippen molar-refractivity contribution in [2.75, 3.05) is 11.9 Å². The average Bonchev–Trinajstić information content (AvgIpc) is 2.60. The zero-order chi connectivity index (χ0) is 18.0. The van der Waals surface area contributed by atoms with Gasteiger partial charge in [0.25, 0.3) is 0 Å². The average molecular weight is 335 g/mol. The van der Waals surface area contributed by atoms with Gasteiger partial charge in [-0.25, -0.2) is 4.79 Å². The Hall–Kier alpha value is -2.83. The van der Waals surface area contributed by atoms with Crippen LogP contribution in [0, 0.1) is 0 Å². The summed E-state index contributed by atoms with van der Waals surface area (Å²) in [6.45, 7) is 0.463. The van der Waals surface area contributed by atoms with Crippen LogP contribution in [0.15, 0.2) is 60.7 Å². The molecule has 0 atom stereocenters. The van der Waals surface area contributed by atoms with Gasteiger partial charge in [0.05, 0.1) is 5.56 Å². The molecule has 0 unspecified atom stereocenters. The third-order valence-corrected chi connectivity index (χ3v) is 4.28. The van der Waals surface area contributed by atoms with Gasteiger partial charge in [-0.3, -0.25) is 0 Å². The van der Waals surface area contributed by atoms with Gasteiger partial charge in [0.2, 0.25) is 0 Å². The third kappa shape index (κ3) is 3.35. The molecule has 0 spiro atoms. The quantitative estimate of drug-likeness (QED) is 0.620. The van der Waals surface area contributed by atoms with Gasteiger partial charge >= 0.3 is 13.1 Å². The number of carboxylic acid groups (broad SMARTS) is 1. The van der Waals surface area contributed by atoms with Crippen LogP contribution in [0.1, 0.15) is 15.9 Å². The molecule has 0 amide bonds. The Kier molecular flexibility index (Phi) is 4.74. The van der Waals surface area contributed by atoms with E-state index < -0.39 is 13.1 Å². The van der Waals surface area contributed by atoms with Gasteiger partial charge in [0.15, 0.2) is 0 Å². The monoisotopic (exact) mass is 335 g/mol. The predicted octanol–water partition coefficient (Wildman–Crippen LogP) is 1.85. The lowest BCUT2D eigenvalue weighted by Gasteiger charge is -2.23. The normalized spacial score (nSPS) is 10.7. The molecule has 0 aliphatic rings. The standard InChI is InChI=1S/C19H18BNO4/c1-21(12-13-6-2-3-10-17(13)20(24)25)18-11-5-7-14-15(18)8-4-9-16(14)19(22)23/h2-11,24-25H,12H2,1H3,(H,22,23). The van der Waals surface area contributed by atoms with E-state index in [4.69, 9.17) is 0 Å². The fourth-order valence-electron chi connectivity index (χ4n) is 3.08. The summed E-state index contributed by atoms with van der Waals surface area (Å²) in [7, 11) is 0.360. The molecule has 0 saturated heterocycles. The van der Waals surface area contributed by atoms with Gasteiger partial charge < -0.3 is 20.1 Å². The molecule has 25 heavy (non-hydrogen) atoms. The molecule has 0 saturated carbocycles. The van der Waals surface area contributed by atoms with Crippen molar-refractivity contribution in [3.63, 3.8) is 0 Å². The van der Waals surface area contributed by atoms with Gasteiger partial charge in [-0.2, -0.15) is 0 Å². The molecule has 3 aromatic rings. The topological polar surface area (TPSA) is 81.0 Å². The number of hydrogen-bond acceptors (Lipinski definition) is 4. The van der Waals surface area contributed by atoms with Gasteiger partial charge in [0.1, 0.15) is 0 Å². The summed E-state index contributed by atoms with van der Waals surface area (Å²) in [5.74, 6) is -0.959. The number of carboxylic acids is 1. The number of aromatic carboxylic acids is 1. The summed E-state index contributed by atoms with van der Waals surface area (Å²) in [6, 6.07) is 17.9. The van der Waals surface area contributed by atoms with E-state index in [1.165, 1.54) is 0 Å². The van der Waals surface area contributed by atoms with Crippen LogP contribution >= 0.6 is 0 Å². The molecule has 126 valence electrons. The van der Waals surface area contributed by atoms with Crippen molar-refractivity contribution in [3.8, 4) is 0 Å². The van der Waals surface area contributed by atoms with E-state index in [9.17, 15) is 19.9 Å². The maximum Gasteiger partial charge on any atom is 0.488 e. The molecule has 6 heteroatoms. The Morgan fingerprint density at radius 3 is 2.36 bits per heavy atom. The number of benzene rings is 3. The summed E-state index contributed by atoms with van der Waals surface area (Å²) in [6.07, 6.45) is 0. The van der Waals surface area contributed by atoms with Crippen molar-refractivity contribution in [2.45, 2.75) is 6.54 Å². The second-order valence-corrected chi connectivity index (χ2v) is 5.91. The summed E-state index contributed by atoms with van der Waals surface area (Å²) < 4.78 is 0.